The number of fused-ring (bicyclic) bond motifs is 1. The molecule has 0 atom stereocenters. The summed E-state index contributed by atoms with van der Waals surface area (Å²) in [5, 5.41) is 0. The molecule has 6 rings (SSSR count). The molecule has 3 aromatic rings. The first-order valence-corrected chi connectivity index (χ1v) is 14.3. The summed E-state index contributed by atoms with van der Waals surface area (Å²) in [6, 6.07) is 7.39. The molecule has 5 heterocycles. The Morgan fingerprint density at radius 2 is 1.74 bits per heavy atom. The van der Waals surface area contributed by atoms with Crippen LogP contribution in [0.1, 0.15) is 21.5 Å². The van der Waals surface area contributed by atoms with Crippen LogP contribution in [0.25, 0.3) is 11.3 Å². The van der Waals surface area contributed by atoms with Crippen molar-refractivity contribution in [3.8, 4) is 11.3 Å². The van der Waals surface area contributed by atoms with Crippen molar-refractivity contribution >= 4 is 29.7 Å². The Kier molecular flexibility index (Phi) is 7.85. The average Bonchev–Trinajstić information content (AvgIpc) is 3.45. The van der Waals surface area contributed by atoms with Crippen LogP contribution in [-0.2, 0) is 17.7 Å². The third kappa shape index (κ3) is 5.70. The number of nitrogens with zero attached hydrogens (tertiary/aromatic N) is 9. The smallest absolute Gasteiger partial charge is 0.325 e. The molecule has 2 saturated heterocycles. The molecule has 42 heavy (non-hydrogen) atoms. The molecular formula is C29H36N10O3. The zero-order chi connectivity index (χ0) is 29.2. The fourth-order valence-electron chi connectivity index (χ4n) is 5.58. The molecule has 2 aromatic heterocycles. The van der Waals surface area contributed by atoms with Crippen LogP contribution >= 0.6 is 0 Å². The van der Waals surface area contributed by atoms with Gasteiger partial charge in [-0.3, -0.25) is 9.69 Å². The standard InChI is InChI=1S/C29H36N10O3/c1-35-8-10-37(11-9-35)26(40)21-5-3-4-20(16-21)19-36(2)29(41)39-7-6-23-24(22-17-31-27(30)32-18-22)33-28(34-25(23)39)38-12-14-42-15-13-38/h3-5,16-18H,6-15,19H2,1-2H3,(H2,30,31,32). The Bertz CT molecular complexity index is 1450. The van der Waals surface area contributed by atoms with Gasteiger partial charge in [-0.05, 0) is 31.2 Å². The summed E-state index contributed by atoms with van der Waals surface area (Å²) in [4.78, 5) is 54.6. The van der Waals surface area contributed by atoms with Gasteiger partial charge in [-0.15, -0.1) is 0 Å². The maximum atomic E-state index is 13.8. The van der Waals surface area contributed by atoms with Gasteiger partial charge in [0, 0.05) is 88.5 Å². The number of likely N-dealkylation sites (N-methyl/N-ethyl adjacent to an activating group) is 1. The highest BCUT2D eigenvalue weighted by atomic mass is 16.5. The van der Waals surface area contributed by atoms with E-state index in [1.807, 2.05) is 29.2 Å². The van der Waals surface area contributed by atoms with Crippen LogP contribution in [0.3, 0.4) is 0 Å². The maximum Gasteiger partial charge on any atom is 0.325 e. The van der Waals surface area contributed by atoms with Gasteiger partial charge in [0.1, 0.15) is 5.82 Å². The molecule has 1 aromatic carbocycles. The number of rotatable bonds is 5. The van der Waals surface area contributed by atoms with E-state index in [0.29, 0.717) is 81.9 Å². The van der Waals surface area contributed by atoms with Gasteiger partial charge in [0.2, 0.25) is 11.9 Å². The summed E-state index contributed by atoms with van der Waals surface area (Å²) >= 11 is 0. The lowest BCUT2D eigenvalue weighted by Crippen LogP contribution is -2.47. The third-order valence-electron chi connectivity index (χ3n) is 8.00. The van der Waals surface area contributed by atoms with Crippen molar-refractivity contribution < 1.29 is 14.3 Å². The minimum atomic E-state index is -0.171. The van der Waals surface area contributed by atoms with Gasteiger partial charge in [0.05, 0.1) is 18.9 Å². The number of morpholine rings is 1. The molecule has 0 radical (unpaired) electrons. The predicted octanol–water partition coefficient (Wildman–Crippen LogP) is 1.35. The first-order valence-electron chi connectivity index (χ1n) is 14.3. The molecule has 13 heteroatoms. The van der Waals surface area contributed by atoms with Gasteiger partial charge in [-0.2, -0.15) is 4.98 Å². The number of carbonyl (C=O) groups is 2. The number of hydrogen-bond acceptors (Lipinski definition) is 10. The quantitative estimate of drug-likeness (QED) is 0.477. The number of carbonyl (C=O) groups excluding carboxylic acids is 2. The van der Waals surface area contributed by atoms with Crippen LogP contribution < -0.4 is 15.5 Å². The van der Waals surface area contributed by atoms with Gasteiger partial charge in [0.15, 0.2) is 0 Å². The second-order valence-electron chi connectivity index (χ2n) is 10.9. The van der Waals surface area contributed by atoms with E-state index in [1.54, 1.807) is 29.2 Å². The second-order valence-corrected chi connectivity index (χ2v) is 10.9. The summed E-state index contributed by atoms with van der Waals surface area (Å²) in [6.07, 6.45) is 3.91. The van der Waals surface area contributed by atoms with Crippen molar-refractivity contribution in [2.24, 2.45) is 0 Å². The van der Waals surface area contributed by atoms with Gasteiger partial charge in [-0.1, -0.05) is 12.1 Å². The van der Waals surface area contributed by atoms with Crippen LogP contribution in [0, 0.1) is 0 Å². The molecular weight excluding hydrogens is 536 g/mol. The van der Waals surface area contributed by atoms with E-state index in [9.17, 15) is 9.59 Å². The van der Waals surface area contributed by atoms with Gasteiger partial charge in [-0.25, -0.2) is 19.7 Å². The maximum absolute atomic E-state index is 13.8. The molecule has 220 valence electrons. The van der Waals surface area contributed by atoms with Crippen molar-refractivity contribution in [1.82, 2.24) is 34.6 Å². The van der Waals surface area contributed by atoms with Crippen molar-refractivity contribution in [3.63, 3.8) is 0 Å². The van der Waals surface area contributed by atoms with Crippen LogP contribution in [-0.4, -0.2) is 120 Å². The Morgan fingerprint density at radius 1 is 1.00 bits per heavy atom. The molecule has 0 saturated carbocycles. The monoisotopic (exact) mass is 572 g/mol. The lowest BCUT2D eigenvalue weighted by molar-refractivity contribution is 0.0664. The number of piperazine rings is 1. The molecule has 3 aliphatic rings. The van der Waals surface area contributed by atoms with E-state index in [1.165, 1.54) is 0 Å². The summed E-state index contributed by atoms with van der Waals surface area (Å²) in [7, 11) is 3.84. The summed E-state index contributed by atoms with van der Waals surface area (Å²) < 4.78 is 5.52. The minimum absolute atomic E-state index is 0.0268. The number of nitrogens with two attached hydrogens (primary N) is 1. The molecule has 0 bridgehead atoms. The average molecular weight is 573 g/mol. The van der Waals surface area contributed by atoms with Gasteiger partial charge >= 0.3 is 6.03 Å². The van der Waals surface area contributed by atoms with E-state index in [4.69, 9.17) is 20.4 Å². The molecule has 3 aliphatic heterocycles. The van der Waals surface area contributed by atoms with Crippen molar-refractivity contribution in [2.45, 2.75) is 13.0 Å². The number of anilines is 3. The number of ether oxygens (including phenoxy) is 1. The van der Waals surface area contributed by atoms with Crippen molar-refractivity contribution in [3.05, 3.63) is 53.3 Å². The first kappa shape index (κ1) is 27.8. The van der Waals surface area contributed by atoms with E-state index in [2.05, 4.69) is 26.8 Å². The Morgan fingerprint density at radius 3 is 2.48 bits per heavy atom. The lowest BCUT2D eigenvalue weighted by Gasteiger charge is -2.32. The summed E-state index contributed by atoms with van der Waals surface area (Å²) in [5.74, 6) is 1.35. The molecule has 2 N–H and O–H groups in total. The molecule has 2 fully saturated rings. The van der Waals surface area contributed by atoms with Gasteiger partial charge < -0.3 is 30.1 Å². The normalized spacial score (nSPS) is 17.3. The van der Waals surface area contributed by atoms with Crippen LogP contribution in [0.2, 0.25) is 0 Å². The first-order chi connectivity index (χ1) is 20.4. The number of hydrogen-bond donors (Lipinski definition) is 1. The topological polar surface area (TPSA) is 137 Å². The fourth-order valence-corrected chi connectivity index (χ4v) is 5.58. The van der Waals surface area contributed by atoms with E-state index in [-0.39, 0.29) is 17.9 Å². The Balaban J connectivity index is 1.23. The number of urea groups is 1. The van der Waals surface area contributed by atoms with Crippen LogP contribution in [0.4, 0.5) is 22.5 Å². The number of amides is 3. The minimum Gasteiger partial charge on any atom is -0.378 e. The number of benzene rings is 1. The number of nitrogen functional groups attached to an aromatic ring is 1. The lowest BCUT2D eigenvalue weighted by atomic mass is 10.1. The number of aromatic nitrogens is 4. The highest BCUT2D eigenvalue weighted by Gasteiger charge is 2.33. The highest BCUT2D eigenvalue weighted by Crippen LogP contribution is 2.36. The predicted molar refractivity (Wildman–Crippen MR) is 158 cm³/mol. The largest absolute Gasteiger partial charge is 0.378 e. The third-order valence-corrected chi connectivity index (χ3v) is 8.00. The molecule has 0 spiro atoms. The Hall–Kier alpha value is -4.36. The van der Waals surface area contributed by atoms with E-state index in [0.717, 1.165) is 29.8 Å². The molecule has 13 nitrogen and oxygen atoms in total. The van der Waals surface area contributed by atoms with E-state index >= 15 is 0 Å². The zero-order valence-corrected chi connectivity index (χ0v) is 24.1. The highest BCUT2D eigenvalue weighted by molar-refractivity contribution is 5.95. The summed E-state index contributed by atoms with van der Waals surface area (Å²) in [5.41, 5.74) is 9.57. The fraction of sp³-hybridized carbons (Fsp3) is 0.448. The van der Waals surface area contributed by atoms with Crippen LogP contribution in [0.15, 0.2) is 36.7 Å². The van der Waals surface area contributed by atoms with Crippen LogP contribution in [0.5, 0.6) is 0 Å². The van der Waals surface area contributed by atoms with Crippen molar-refractivity contribution in [1.29, 1.82) is 0 Å². The molecule has 0 unspecified atom stereocenters. The molecule has 0 aliphatic carbocycles. The Labute approximate surface area is 244 Å². The van der Waals surface area contributed by atoms with Crippen molar-refractivity contribution in [2.75, 3.05) is 88.7 Å². The molecule has 3 amide bonds. The SMILES string of the molecule is CN1CCN(C(=O)c2cccc(CN(C)C(=O)N3CCc4c(-c5cnc(N)nc5)nc(N5CCOCC5)nc43)c2)CC1. The summed E-state index contributed by atoms with van der Waals surface area (Å²) in [6.45, 7) is 6.48. The zero-order valence-electron chi connectivity index (χ0n) is 24.1. The van der Waals surface area contributed by atoms with E-state index < -0.39 is 0 Å². The second kappa shape index (κ2) is 11.9. The van der Waals surface area contributed by atoms with Gasteiger partial charge in [0.25, 0.3) is 5.91 Å².